The van der Waals surface area contributed by atoms with Gasteiger partial charge in [-0.15, -0.1) is 0 Å². The predicted octanol–water partition coefficient (Wildman–Crippen LogP) is 4.91. The fraction of sp³-hybridized carbons (Fsp3) is 0.238. The molecule has 2 aromatic heterocycles. The number of pyridine rings is 1. The predicted molar refractivity (Wildman–Crippen MR) is 113 cm³/mol. The molecule has 27 heavy (non-hydrogen) atoms. The second kappa shape index (κ2) is 7.71. The molecule has 0 spiro atoms. The number of thiocarbonyl (C=S) groups is 1. The molecule has 1 fully saturated rings. The minimum absolute atomic E-state index is 0.00177. The van der Waals surface area contributed by atoms with Gasteiger partial charge in [0.05, 0.1) is 17.8 Å². The van der Waals surface area contributed by atoms with Gasteiger partial charge in [-0.25, -0.2) is 0 Å². The summed E-state index contributed by atoms with van der Waals surface area (Å²) in [5.74, 6) is 0. The molecule has 0 amide bonds. The molecule has 0 aliphatic carbocycles. The zero-order valence-electron chi connectivity index (χ0n) is 15.0. The van der Waals surface area contributed by atoms with Crippen molar-refractivity contribution in [2.45, 2.75) is 25.4 Å². The van der Waals surface area contributed by atoms with Gasteiger partial charge in [0.15, 0.2) is 5.11 Å². The number of hydrogen-bond acceptors (Lipinski definition) is 2. The van der Waals surface area contributed by atoms with Crippen LogP contribution < -0.4 is 5.32 Å². The van der Waals surface area contributed by atoms with E-state index in [1.54, 1.807) is 0 Å². The third-order valence-electron chi connectivity index (χ3n) is 4.83. The van der Waals surface area contributed by atoms with E-state index in [4.69, 9.17) is 23.8 Å². The van der Waals surface area contributed by atoms with Crippen LogP contribution in [0.15, 0.2) is 67.0 Å². The Balaban J connectivity index is 1.81. The molecule has 2 atom stereocenters. The number of nitrogens with one attached hydrogen (secondary N) is 1. The molecule has 0 saturated carbocycles. The van der Waals surface area contributed by atoms with E-state index in [9.17, 15) is 0 Å². The van der Waals surface area contributed by atoms with Gasteiger partial charge in [-0.1, -0.05) is 30.7 Å². The van der Waals surface area contributed by atoms with E-state index in [0.29, 0.717) is 0 Å². The van der Waals surface area contributed by atoms with Crippen molar-refractivity contribution in [3.63, 3.8) is 0 Å². The molecule has 3 heterocycles. The van der Waals surface area contributed by atoms with Crippen LogP contribution in [0, 0.1) is 0 Å². The van der Waals surface area contributed by atoms with Crippen LogP contribution in [0.5, 0.6) is 0 Å². The summed E-state index contributed by atoms with van der Waals surface area (Å²) in [6.45, 7) is 3.06. The standard InChI is InChI=1S/C21H21ClN4S/c1-2-12-26-20(19(24-21(26)27)17-9-3-4-11-23-17)18-10-6-13-25(18)16-8-5-7-15(22)14-16/h3-11,13-14,19-20H,2,12H2,1H3,(H,24,27)/t19-,20+/m1/s1. The van der Waals surface area contributed by atoms with E-state index in [1.807, 2.05) is 36.5 Å². The van der Waals surface area contributed by atoms with Gasteiger partial charge in [-0.05, 0) is 61.1 Å². The molecule has 0 radical (unpaired) electrons. The summed E-state index contributed by atoms with van der Waals surface area (Å²) in [5, 5.41) is 4.98. The Hall–Kier alpha value is -2.37. The van der Waals surface area contributed by atoms with Crippen LogP contribution >= 0.6 is 23.8 Å². The smallest absolute Gasteiger partial charge is 0.170 e. The Morgan fingerprint density at radius 2 is 2.04 bits per heavy atom. The van der Waals surface area contributed by atoms with Gasteiger partial charge in [-0.2, -0.15) is 0 Å². The molecule has 1 aliphatic heterocycles. The van der Waals surface area contributed by atoms with Crippen LogP contribution in [0.25, 0.3) is 5.69 Å². The summed E-state index contributed by atoms with van der Waals surface area (Å²) >= 11 is 11.9. The normalized spacial score (nSPS) is 19.3. The number of benzene rings is 1. The van der Waals surface area contributed by atoms with Crippen molar-refractivity contribution in [1.82, 2.24) is 19.8 Å². The number of hydrogen-bond donors (Lipinski definition) is 1. The monoisotopic (exact) mass is 396 g/mol. The Bertz CT molecular complexity index is 940. The summed E-state index contributed by atoms with van der Waals surface area (Å²) < 4.78 is 2.19. The van der Waals surface area contributed by atoms with Gasteiger partial charge >= 0.3 is 0 Å². The third kappa shape index (κ3) is 3.45. The lowest BCUT2D eigenvalue weighted by Gasteiger charge is -2.28. The zero-order chi connectivity index (χ0) is 18.8. The Kier molecular flexibility index (Phi) is 5.14. The van der Waals surface area contributed by atoms with Crippen molar-refractivity contribution >= 4 is 28.9 Å². The second-order valence-electron chi connectivity index (χ2n) is 6.60. The van der Waals surface area contributed by atoms with E-state index in [-0.39, 0.29) is 12.1 Å². The van der Waals surface area contributed by atoms with Crippen LogP contribution in [-0.4, -0.2) is 26.1 Å². The summed E-state index contributed by atoms with van der Waals surface area (Å²) in [6, 6.07) is 18.2. The van der Waals surface area contributed by atoms with Crippen molar-refractivity contribution in [3.05, 3.63) is 83.4 Å². The van der Waals surface area contributed by atoms with E-state index >= 15 is 0 Å². The van der Waals surface area contributed by atoms with Crippen molar-refractivity contribution in [3.8, 4) is 5.69 Å². The molecule has 1 aliphatic rings. The quantitative estimate of drug-likeness (QED) is 0.621. The minimum atomic E-state index is -0.00177. The van der Waals surface area contributed by atoms with Crippen LogP contribution in [0.4, 0.5) is 0 Å². The van der Waals surface area contributed by atoms with Crippen LogP contribution in [0.2, 0.25) is 5.02 Å². The fourth-order valence-electron chi connectivity index (χ4n) is 3.70. The van der Waals surface area contributed by atoms with E-state index < -0.39 is 0 Å². The van der Waals surface area contributed by atoms with Gasteiger partial charge in [0.2, 0.25) is 0 Å². The summed E-state index contributed by atoms with van der Waals surface area (Å²) in [6.07, 6.45) is 4.92. The third-order valence-corrected chi connectivity index (χ3v) is 5.42. The number of aromatic nitrogens is 2. The highest BCUT2D eigenvalue weighted by molar-refractivity contribution is 7.80. The van der Waals surface area contributed by atoms with Crippen LogP contribution in [-0.2, 0) is 0 Å². The van der Waals surface area contributed by atoms with Crippen LogP contribution in [0.1, 0.15) is 36.8 Å². The highest BCUT2D eigenvalue weighted by Crippen LogP contribution is 2.39. The number of halogens is 1. The van der Waals surface area contributed by atoms with Gasteiger partial charge in [0.25, 0.3) is 0 Å². The van der Waals surface area contributed by atoms with E-state index in [0.717, 1.165) is 40.2 Å². The van der Waals surface area contributed by atoms with E-state index in [1.165, 1.54) is 0 Å². The Morgan fingerprint density at radius 3 is 2.78 bits per heavy atom. The van der Waals surface area contributed by atoms with Gasteiger partial charge in [0, 0.05) is 35.3 Å². The van der Waals surface area contributed by atoms with Gasteiger partial charge in [-0.3, -0.25) is 4.98 Å². The first-order chi connectivity index (χ1) is 13.2. The lowest BCUT2D eigenvalue weighted by Crippen LogP contribution is -2.31. The molecule has 1 aromatic carbocycles. The van der Waals surface area contributed by atoms with Gasteiger partial charge < -0.3 is 14.8 Å². The maximum absolute atomic E-state index is 6.23. The molecular formula is C21H21ClN4S. The molecule has 6 heteroatoms. The molecule has 4 nitrogen and oxygen atoms in total. The maximum atomic E-state index is 6.23. The lowest BCUT2D eigenvalue weighted by molar-refractivity contribution is 0.309. The lowest BCUT2D eigenvalue weighted by atomic mass is 10.0. The first-order valence-corrected chi connectivity index (χ1v) is 9.89. The first-order valence-electron chi connectivity index (χ1n) is 9.10. The summed E-state index contributed by atoms with van der Waals surface area (Å²) in [5.41, 5.74) is 3.19. The molecule has 0 unspecified atom stereocenters. The van der Waals surface area contributed by atoms with Crippen molar-refractivity contribution < 1.29 is 0 Å². The number of rotatable bonds is 5. The van der Waals surface area contributed by atoms with Crippen LogP contribution in [0.3, 0.4) is 0 Å². The van der Waals surface area contributed by atoms with Crippen molar-refractivity contribution in [2.24, 2.45) is 0 Å². The minimum Gasteiger partial charge on any atom is -0.352 e. The molecule has 3 aromatic rings. The van der Waals surface area contributed by atoms with E-state index in [2.05, 4.69) is 57.2 Å². The average molecular weight is 397 g/mol. The first kappa shape index (κ1) is 18.0. The maximum Gasteiger partial charge on any atom is 0.170 e. The molecule has 4 rings (SSSR count). The summed E-state index contributed by atoms with van der Waals surface area (Å²) in [4.78, 5) is 6.86. The highest BCUT2D eigenvalue weighted by Gasteiger charge is 2.40. The molecule has 138 valence electrons. The topological polar surface area (TPSA) is 33.1 Å². The molecule has 0 bridgehead atoms. The van der Waals surface area contributed by atoms with Crippen molar-refractivity contribution in [1.29, 1.82) is 0 Å². The molecular weight excluding hydrogens is 376 g/mol. The van der Waals surface area contributed by atoms with Gasteiger partial charge in [0.1, 0.15) is 0 Å². The molecule has 1 saturated heterocycles. The Labute approximate surface area is 169 Å². The highest BCUT2D eigenvalue weighted by atomic mass is 35.5. The fourth-order valence-corrected chi connectivity index (χ4v) is 4.22. The number of nitrogens with zero attached hydrogens (tertiary/aromatic N) is 3. The SMILES string of the molecule is CCCN1C(=S)N[C@H](c2ccccn2)[C@@H]1c1cccn1-c1cccc(Cl)c1. The summed E-state index contributed by atoms with van der Waals surface area (Å²) in [7, 11) is 0. The largest absolute Gasteiger partial charge is 0.352 e. The average Bonchev–Trinajstić information content (AvgIpc) is 3.28. The Morgan fingerprint density at radius 1 is 1.15 bits per heavy atom. The van der Waals surface area contributed by atoms with Crippen molar-refractivity contribution in [2.75, 3.05) is 6.54 Å². The second-order valence-corrected chi connectivity index (χ2v) is 7.43. The molecule has 1 N–H and O–H groups in total. The zero-order valence-corrected chi connectivity index (χ0v) is 16.6.